The van der Waals surface area contributed by atoms with Crippen molar-refractivity contribution in [2.75, 3.05) is 24.7 Å². The number of thioether (sulfide) groups is 1. The van der Waals surface area contributed by atoms with Crippen molar-refractivity contribution in [2.24, 2.45) is 0 Å². The van der Waals surface area contributed by atoms with Crippen LogP contribution in [-0.2, 0) is 12.7 Å². The summed E-state index contributed by atoms with van der Waals surface area (Å²) in [5.41, 5.74) is -0.0779. The second-order valence-electron chi connectivity index (χ2n) is 4.55. The molecule has 0 unspecified atom stereocenters. The molecule has 2 nitrogen and oxygen atoms in total. The zero-order chi connectivity index (χ0) is 15.7. The number of alkyl halides is 3. The molecule has 0 aliphatic rings. The summed E-state index contributed by atoms with van der Waals surface area (Å²) in [6.45, 7) is 5.52. The highest BCUT2D eigenvalue weighted by Gasteiger charge is 2.34. The van der Waals surface area contributed by atoms with Gasteiger partial charge in [0.05, 0.1) is 12.2 Å². The van der Waals surface area contributed by atoms with Crippen molar-refractivity contribution < 1.29 is 17.9 Å². The molecule has 1 rings (SSSR count). The predicted octanol–water partition coefficient (Wildman–Crippen LogP) is 4.34. The molecule has 0 atom stereocenters. The van der Waals surface area contributed by atoms with E-state index in [2.05, 4.69) is 5.32 Å². The summed E-state index contributed by atoms with van der Waals surface area (Å²) in [6.07, 6.45) is -3.45. The lowest BCUT2D eigenvalue weighted by molar-refractivity contribution is -0.138. The van der Waals surface area contributed by atoms with E-state index in [9.17, 15) is 13.2 Å². The molecule has 0 radical (unpaired) electrons. The quantitative estimate of drug-likeness (QED) is 0.684. The van der Waals surface area contributed by atoms with E-state index in [0.29, 0.717) is 17.9 Å². The second-order valence-corrected chi connectivity index (χ2v) is 5.94. The third-order valence-electron chi connectivity index (χ3n) is 2.79. The zero-order valence-corrected chi connectivity index (χ0v) is 13.2. The monoisotopic (exact) mass is 321 g/mol. The summed E-state index contributed by atoms with van der Waals surface area (Å²) >= 11 is 1.64. The van der Waals surface area contributed by atoms with Gasteiger partial charge in [0.25, 0.3) is 0 Å². The molecule has 0 aliphatic heterocycles. The summed E-state index contributed by atoms with van der Waals surface area (Å²) < 4.78 is 44.5. The van der Waals surface area contributed by atoms with E-state index in [0.717, 1.165) is 18.7 Å². The molecule has 21 heavy (non-hydrogen) atoms. The van der Waals surface area contributed by atoms with Gasteiger partial charge in [0, 0.05) is 12.3 Å². The molecular weight excluding hydrogens is 299 g/mol. The number of hydrogen-bond acceptors (Lipinski definition) is 3. The van der Waals surface area contributed by atoms with Gasteiger partial charge in [-0.15, -0.1) is 0 Å². The average molecular weight is 321 g/mol. The Morgan fingerprint density at radius 1 is 1.24 bits per heavy atom. The van der Waals surface area contributed by atoms with Gasteiger partial charge in [-0.2, -0.15) is 24.9 Å². The van der Waals surface area contributed by atoms with Crippen molar-refractivity contribution in [3.63, 3.8) is 0 Å². The van der Waals surface area contributed by atoms with Crippen LogP contribution >= 0.6 is 11.8 Å². The van der Waals surface area contributed by atoms with Crippen LogP contribution in [0, 0.1) is 0 Å². The highest BCUT2D eigenvalue weighted by atomic mass is 32.2. The van der Waals surface area contributed by atoms with Gasteiger partial charge >= 0.3 is 6.18 Å². The normalized spacial score (nSPS) is 11.7. The SMILES string of the molecule is CCCNCc1ccc(OCCSCC)c(C(F)(F)F)c1. The Kier molecular flexibility index (Phi) is 7.96. The molecule has 0 amide bonds. The average Bonchev–Trinajstić information content (AvgIpc) is 2.44. The van der Waals surface area contributed by atoms with E-state index >= 15 is 0 Å². The molecule has 0 bridgehead atoms. The van der Waals surface area contributed by atoms with Crippen LogP contribution in [0.5, 0.6) is 5.75 Å². The van der Waals surface area contributed by atoms with Gasteiger partial charge in [-0.1, -0.05) is 19.9 Å². The van der Waals surface area contributed by atoms with Crippen LogP contribution in [0.4, 0.5) is 13.2 Å². The summed E-state index contributed by atoms with van der Waals surface area (Å²) in [6, 6.07) is 4.27. The number of ether oxygens (including phenoxy) is 1. The van der Waals surface area contributed by atoms with Crippen LogP contribution in [0.2, 0.25) is 0 Å². The number of halogens is 3. The minimum atomic E-state index is -4.39. The molecule has 1 aromatic carbocycles. The van der Waals surface area contributed by atoms with E-state index in [1.807, 2.05) is 13.8 Å². The predicted molar refractivity (Wildman–Crippen MR) is 81.9 cm³/mol. The first kappa shape index (κ1) is 18.2. The molecule has 0 heterocycles. The molecule has 1 N–H and O–H groups in total. The van der Waals surface area contributed by atoms with Crippen molar-refractivity contribution in [1.29, 1.82) is 0 Å². The van der Waals surface area contributed by atoms with Gasteiger partial charge in [0.15, 0.2) is 0 Å². The van der Waals surface area contributed by atoms with Gasteiger partial charge in [0.1, 0.15) is 5.75 Å². The summed E-state index contributed by atoms with van der Waals surface area (Å²) in [4.78, 5) is 0. The maximum Gasteiger partial charge on any atom is 0.419 e. The number of rotatable bonds is 9. The zero-order valence-electron chi connectivity index (χ0n) is 12.4. The van der Waals surface area contributed by atoms with Crippen LogP contribution in [0.3, 0.4) is 0 Å². The molecule has 0 spiro atoms. The van der Waals surface area contributed by atoms with Gasteiger partial charge in [-0.05, 0) is 36.4 Å². The fourth-order valence-electron chi connectivity index (χ4n) is 1.80. The van der Waals surface area contributed by atoms with Crippen molar-refractivity contribution in [1.82, 2.24) is 5.32 Å². The van der Waals surface area contributed by atoms with Gasteiger partial charge in [-0.3, -0.25) is 0 Å². The molecule has 0 saturated carbocycles. The topological polar surface area (TPSA) is 21.3 Å². The van der Waals surface area contributed by atoms with E-state index in [1.165, 1.54) is 12.1 Å². The molecule has 1 aromatic rings. The highest BCUT2D eigenvalue weighted by Crippen LogP contribution is 2.36. The lowest BCUT2D eigenvalue weighted by Gasteiger charge is -2.15. The minimum absolute atomic E-state index is 0.0848. The van der Waals surface area contributed by atoms with Crippen LogP contribution in [-0.4, -0.2) is 24.7 Å². The van der Waals surface area contributed by atoms with Gasteiger partial charge < -0.3 is 10.1 Å². The second kappa shape index (κ2) is 9.20. The lowest BCUT2D eigenvalue weighted by Crippen LogP contribution is -2.15. The standard InChI is InChI=1S/C15H22F3NOS/c1-3-7-19-11-12-5-6-14(20-8-9-21-4-2)13(10-12)15(16,17)18/h5-6,10,19H,3-4,7-9,11H2,1-2H3. The minimum Gasteiger partial charge on any atom is -0.492 e. The first-order chi connectivity index (χ1) is 9.99. The number of hydrogen-bond donors (Lipinski definition) is 1. The fraction of sp³-hybridized carbons (Fsp3) is 0.600. The molecule has 6 heteroatoms. The van der Waals surface area contributed by atoms with Crippen LogP contribution in [0.15, 0.2) is 18.2 Å². The van der Waals surface area contributed by atoms with Crippen molar-refractivity contribution in [3.05, 3.63) is 29.3 Å². The highest BCUT2D eigenvalue weighted by molar-refractivity contribution is 7.99. The van der Waals surface area contributed by atoms with Crippen LogP contribution < -0.4 is 10.1 Å². The Bertz CT molecular complexity index is 424. The molecule has 0 aromatic heterocycles. The lowest BCUT2D eigenvalue weighted by atomic mass is 10.1. The van der Waals surface area contributed by atoms with E-state index in [4.69, 9.17) is 4.74 Å². The Labute approximate surface area is 128 Å². The largest absolute Gasteiger partial charge is 0.492 e. The summed E-state index contributed by atoms with van der Waals surface area (Å²) in [7, 11) is 0. The Hall–Kier alpha value is -0.880. The molecule has 120 valence electrons. The van der Waals surface area contributed by atoms with Gasteiger partial charge in [-0.25, -0.2) is 0 Å². The first-order valence-corrected chi connectivity index (χ1v) is 8.25. The Balaban J connectivity index is 2.77. The van der Waals surface area contributed by atoms with E-state index in [1.54, 1.807) is 17.8 Å². The van der Waals surface area contributed by atoms with E-state index in [-0.39, 0.29) is 12.4 Å². The van der Waals surface area contributed by atoms with Crippen LogP contribution in [0.1, 0.15) is 31.4 Å². The van der Waals surface area contributed by atoms with Crippen molar-refractivity contribution in [3.8, 4) is 5.75 Å². The maximum atomic E-state index is 13.1. The fourth-order valence-corrected chi connectivity index (χ4v) is 2.29. The van der Waals surface area contributed by atoms with Crippen LogP contribution in [0.25, 0.3) is 0 Å². The third kappa shape index (κ3) is 6.61. The number of benzene rings is 1. The maximum absolute atomic E-state index is 13.1. The molecule has 0 fully saturated rings. The summed E-state index contributed by atoms with van der Waals surface area (Å²) in [5, 5.41) is 3.10. The molecule has 0 aliphatic carbocycles. The third-order valence-corrected chi connectivity index (χ3v) is 3.66. The Morgan fingerprint density at radius 2 is 2.00 bits per heavy atom. The summed E-state index contributed by atoms with van der Waals surface area (Å²) in [5.74, 6) is 1.53. The number of nitrogens with one attached hydrogen (secondary N) is 1. The Morgan fingerprint density at radius 3 is 2.62 bits per heavy atom. The smallest absolute Gasteiger partial charge is 0.419 e. The molecular formula is C15H22F3NOS. The van der Waals surface area contributed by atoms with Crippen molar-refractivity contribution >= 4 is 11.8 Å². The van der Waals surface area contributed by atoms with Gasteiger partial charge in [0.2, 0.25) is 0 Å². The first-order valence-electron chi connectivity index (χ1n) is 7.10. The molecule has 0 saturated heterocycles. The van der Waals surface area contributed by atoms with Crippen molar-refractivity contribution in [2.45, 2.75) is 33.0 Å². The van der Waals surface area contributed by atoms with E-state index < -0.39 is 11.7 Å².